The molecule has 0 aliphatic carbocycles. The SMILES string of the molecule is C=CC(C)(C)C12CC(=O)OC1N(CC=C(C)C)c1ccccc12. The third kappa shape index (κ3) is 2.13. The molecule has 2 aliphatic rings. The highest BCUT2D eigenvalue weighted by Crippen LogP contribution is 2.60. The predicted molar refractivity (Wildman–Crippen MR) is 93.4 cm³/mol. The minimum absolute atomic E-state index is 0.123. The minimum Gasteiger partial charge on any atom is -0.440 e. The number of carbonyl (C=O) groups is 1. The van der Waals surface area contributed by atoms with Gasteiger partial charge in [0.25, 0.3) is 0 Å². The molecular weight excluding hydrogens is 286 g/mol. The lowest BCUT2D eigenvalue weighted by Gasteiger charge is -2.41. The smallest absolute Gasteiger partial charge is 0.308 e. The van der Waals surface area contributed by atoms with E-state index >= 15 is 0 Å². The number of hydrogen-bond donors (Lipinski definition) is 0. The van der Waals surface area contributed by atoms with Gasteiger partial charge in [0, 0.05) is 12.2 Å². The van der Waals surface area contributed by atoms with Gasteiger partial charge in [-0.15, -0.1) is 6.58 Å². The van der Waals surface area contributed by atoms with Crippen molar-refractivity contribution in [3.8, 4) is 0 Å². The van der Waals surface area contributed by atoms with Gasteiger partial charge in [0.1, 0.15) is 0 Å². The second kappa shape index (κ2) is 5.26. The van der Waals surface area contributed by atoms with Crippen LogP contribution in [0.2, 0.25) is 0 Å². The molecule has 0 amide bonds. The molecular formula is C20H25NO2. The summed E-state index contributed by atoms with van der Waals surface area (Å²) in [7, 11) is 0. The van der Waals surface area contributed by atoms with Crippen molar-refractivity contribution in [1.82, 2.24) is 0 Å². The van der Waals surface area contributed by atoms with Crippen molar-refractivity contribution in [3.63, 3.8) is 0 Å². The molecule has 0 aromatic heterocycles. The monoisotopic (exact) mass is 311 g/mol. The maximum Gasteiger partial charge on any atom is 0.308 e. The Balaban J connectivity index is 2.20. The van der Waals surface area contributed by atoms with Crippen LogP contribution in [-0.2, 0) is 14.9 Å². The van der Waals surface area contributed by atoms with Crippen LogP contribution < -0.4 is 4.90 Å². The third-order valence-electron chi connectivity index (χ3n) is 5.42. The number of carbonyl (C=O) groups excluding carboxylic acids is 1. The largest absolute Gasteiger partial charge is 0.440 e. The Bertz CT molecular complexity index is 685. The molecule has 2 aliphatic heterocycles. The second-order valence-corrected chi connectivity index (χ2v) is 7.37. The van der Waals surface area contributed by atoms with Crippen molar-refractivity contribution in [2.75, 3.05) is 11.4 Å². The van der Waals surface area contributed by atoms with Crippen LogP contribution in [0.25, 0.3) is 0 Å². The van der Waals surface area contributed by atoms with Crippen LogP contribution in [0.3, 0.4) is 0 Å². The van der Waals surface area contributed by atoms with Crippen LogP contribution in [0.15, 0.2) is 48.6 Å². The van der Waals surface area contributed by atoms with Gasteiger partial charge >= 0.3 is 5.97 Å². The van der Waals surface area contributed by atoms with Crippen LogP contribution >= 0.6 is 0 Å². The lowest BCUT2D eigenvalue weighted by molar-refractivity contribution is -0.141. The van der Waals surface area contributed by atoms with E-state index in [1.54, 1.807) is 0 Å². The Morgan fingerprint density at radius 2 is 2.13 bits per heavy atom. The van der Waals surface area contributed by atoms with Gasteiger partial charge in [0.05, 0.1) is 11.8 Å². The number of fused-ring (bicyclic) bond motifs is 3. The van der Waals surface area contributed by atoms with Gasteiger partial charge in [-0.1, -0.05) is 49.8 Å². The fourth-order valence-corrected chi connectivity index (χ4v) is 3.92. The molecule has 23 heavy (non-hydrogen) atoms. The fourth-order valence-electron chi connectivity index (χ4n) is 3.92. The van der Waals surface area contributed by atoms with Gasteiger partial charge in [-0.25, -0.2) is 0 Å². The summed E-state index contributed by atoms with van der Waals surface area (Å²) < 4.78 is 5.81. The average molecular weight is 311 g/mol. The van der Waals surface area contributed by atoms with Gasteiger partial charge < -0.3 is 9.64 Å². The van der Waals surface area contributed by atoms with E-state index in [9.17, 15) is 4.79 Å². The average Bonchev–Trinajstić information content (AvgIpc) is 2.97. The third-order valence-corrected chi connectivity index (χ3v) is 5.42. The topological polar surface area (TPSA) is 29.5 Å². The quantitative estimate of drug-likeness (QED) is 0.616. The van der Waals surface area contributed by atoms with Crippen LogP contribution in [0.5, 0.6) is 0 Å². The lowest BCUT2D eigenvalue weighted by atomic mass is 9.61. The van der Waals surface area contributed by atoms with Crippen molar-refractivity contribution in [1.29, 1.82) is 0 Å². The van der Waals surface area contributed by atoms with Crippen LogP contribution in [0, 0.1) is 5.41 Å². The molecule has 0 radical (unpaired) electrons. The first-order valence-corrected chi connectivity index (χ1v) is 8.16. The Labute approximate surface area is 138 Å². The standard InChI is InChI=1S/C20H25NO2/c1-6-19(4,5)20-13-17(22)23-18(20)21(12-11-14(2)3)16-10-8-7-9-15(16)20/h6-11,18H,1,12-13H2,2-5H3. The molecule has 3 nitrogen and oxygen atoms in total. The lowest BCUT2D eigenvalue weighted by Crippen LogP contribution is -2.50. The Kier molecular flexibility index (Phi) is 3.62. The number of anilines is 1. The van der Waals surface area contributed by atoms with E-state index in [2.05, 4.69) is 57.4 Å². The van der Waals surface area contributed by atoms with Crippen molar-refractivity contribution >= 4 is 11.7 Å². The molecule has 0 bridgehead atoms. The highest BCUT2D eigenvalue weighted by atomic mass is 16.6. The fraction of sp³-hybridized carbons (Fsp3) is 0.450. The predicted octanol–water partition coefficient (Wildman–Crippen LogP) is 4.20. The normalized spacial score (nSPS) is 25.7. The molecule has 0 N–H and O–H groups in total. The number of hydrogen-bond acceptors (Lipinski definition) is 3. The molecule has 2 atom stereocenters. The molecule has 3 heteroatoms. The number of allylic oxidation sites excluding steroid dienone is 2. The molecule has 2 heterocycles. The zero-order chi connectivity index (χ0) is 16.8. The van der Waals surface area contributed by atoms with Crippen LogP contribution in [-0.4, -0.2) is 18.7 Å². The minimum atomic E-state index is -0.377. The van der Waals surface area contributed by atoms with Gasteiger partial charge in [-0.3, -0.25) is 4.79 Å². The summed E-state index contributed by atoms with van der Waals surface area (Å²) in [4.78, 5) is 14.4. The second-order valence-electron chi connectivity index (χ2n) is 7.37. The maximum atomic E-state index is 12.2. The molecule has 0 spiro atoms. The van der Waals surface area contributed by atoms with Crippen LogP contribution in [0.1, 0.15) is 39.7 Å². The van der Waals surface area contributed by atoms with Crippen molar-refractivity contribution in [2.24, 2.45) is 5.41 Å². The molecule has 1 aromatic rings. The van der Waals surface area contributed by atoms with E-state index in [0.717, 1.165) is 12.2 Å². The number of para-hydroxylation sites is 1. The highest BCUT2D eigenvalue weighted by Gasteiger charge is 2.64. The zero-order valence-electron chi connectivity index (χ0n) is 14.4. The maximum absolute atomic E-state index is 12.2. The molecule has 122 valence electrons. The molecule has 1 aromatic carbocycles. The Hall–Kier alpha value is -2.03. The summed E-state index contributed by atoms with van der Waals surface area (Å²) in [6, 6.07) is 8.36. The Morgan fingerprint density at radius 1 is 1.43 bits per heavy atom. The number of ether oxygens (including phenoxy) is 1. The first-order valence-electron chi connectivity index (χ1n) is 8.16. The van der Waals surface area contributed by atoms with Gasteiger partial charge in [0.2, 0.25) is 0 Å². The summed E-state index contributed by atoms with van der Waals surface area (Å²) >= 11 is 0. The van der Waals surface area contributed by atoms with E-state index < -0.39 is 0 Å². The first-order chi connectivity index (χ1) is 10.8. The van der Waals surface area contributed by atoms with Crippen LogP contribution in [0.4, 0.5) is 5.69 Å². The Morgan fingerprint density at radius 3 is 2.78 bits per heavy atom. The molecule has 3 rings (SSSR count). The van der Waals surface area contributed by atoms with Gasteiger partial charge in [-0.2, -0.15) is 0 Å². The number of nitrogens with zero attached hydrogens (tertiary/aromatic N) is 1. The number of rotatable bonds is 4. The molecule has 2 unspecified atom stereocenters. The summed E-state index contributed by atoms with van der Waals surface area (Å²) in [5.74, 6) is -0.123. The van der Waals surface area contributed by atoms with Gasteiger partial charge in [0.15, 0.2) is 6.23 Å². The molecule has 1 fully saturated rings. The summed E-state index contributed by atoms with van der Waals surface area (Å²) in [6.45, 7) is 13.2. The molecule has 1 saturated heterocycles. The highest BCUT2D eigenvalue weighted by molar-refractivity contribution is 5.81. The summed E-state index contributed by atoms with van der Waals surface area (Å²) in [5.41, 5.74) is 2.99. The number of esters is 1. The first kappa shape index (κ1) is 15.9. The zero-order valence-corrected chi connectivity index (χ0v) is 14.4. The van der Waals surface area contributed by atoms with E-state index in [4.69, 9.17) is 4.74 Å². The van der Waals surface area contributed by atoms with E-state index in [1.807, 2.05) is 18.2 Å². The van der Waals surface area contributed by atoms with Crippen molar-refractivity contribution < 1.29 is 9.53 Å². The van der Waals surface area contributed by atoms with Crippen molar-refractivity contribution in [2.45, 2.75) is 45.8 Å². The van der Waals surface area contributed by atoms with Gasteiger partial charge in [-0.05, 0) is 30.9 Å². The molecule has 0 saturated carbocycles. The van der Waals surface area contributed by atoms with E-state index in [0.29, 0.717) is 6.42 Å². The van der Waals surface area contributed by atoms with E-state index in [-0.39, 0.29) is 23.0 Å². The summed E-state index contributed by atoms with van der Waals surface area (Å²) in [6.07, 6.45) is 4.28. The van der Waals surface area contributed by atoms with Crippen molar-refractivity contribution in [3.05, 3.63) is 54.1 Å². The number of benzene rings is 1. The van der Waals surface area contributed by atoms with E-state index in [1.165, 1.54) is 11.1 Å². The summed E-state index contributed by atoms with van der Waals surface area (Å²) in [5, 5.41) is 0.